The summed E-state index contributed by atoms with van der Waals surface area (Å²) in [5.74, 6) is 0.610. The van der Waals surface area contributed by atoms with Gasteiger partial charge in [0.1, 0.15) is 12.1 Å². The van der Waals surface area contributed by atoms with E-state index in [1.165, 1.54) is 0 Å². The molecule has 1 aromatic carbocycles. The zero-order chi connectivity index (χ0) is 15.7. The Labute approximate surface area is 131 Å². The van der Waals surface area contributed by atoms with Gasteiger partial charge < -0.3 is 10.2 Å². The summed E-state index contributed by atoms with van der Waals surface area (Å²) in [5.41, 5.74) is 1.08. The highest BCUT2D eigenvalue weighted by molar-refractivity contribution is 5.97. The number of hydrogen-bond acceptors (Lipinski definition) is 2. The van der Waals surface area contributed by atoms with Gasteiger partial charge >= 0.3 is 0 Å². The van der Waals surface area contributed by atoms with Gasteiger partial charge in [-0.05, 0) is 30.2 Å². The van der Waals surface area contributed by atoms with Crippen molar-refractivity contribution in [2.24, 2.45) is 11.8 Å². The number of piperazine rings is 1. The second kappa shape index (κ2) is 6.11. The third kappa shape index (κ3) is 2.87. The van der Waals surface area contributed by atoms with Crippen LogP contribution >= 0.6 is 0 Å². The lowest BCUT2D eigenvalue weighted by Gasteiger charge is -2.41. The van der Waals surface area contributed by atoms with E-state index in [2.05, 4.69) is 12.2 Å². The first-order valence-electron chi connectivity index (χ1n) is 8.26. The summed E-state index contributed by atoms with van der Waals surface area (Å²) < 4.78 is 0. The molecule has 0 spiro atoms. The van der Waals surface area contributed by atoms with Gasteiger partial charge in [-0.3, -0.25) is 9.59 Å². The fourth-order valence-corrected chi connectivity index (χ4v) is 3.22. The van der Waals surface area contributed by atoms with Crippen LogP contribution in [0.15, 0.2) is 30.3 Å². The lowest BCUT2D eigenvalue weighted by atomic mass is 9.92. The fraction of sp³-hybridized carbons (Fsp3) is 0.556. The second-order valence-corrected chi connectivity index (χ2v) is 6.61. The summed E-state index contributed by atoms with van der Waals surface area (Å²) >= 11 is 0. The van der Waals surface area contributed by atoms with Crippen LogP contribution in [0.25, 0.3) is 0 Å². The van der Waals surface area contributed by atoms with Crippen molar-refractivity contribution in [1.29, 1.82) is 0 Å². The molecule has 3 atom stereocenters. The van der Waals surface area contributed by atoms with Crippen molar-refractivity contribution in [3.8, 4) is 0 Å². The molecule has 1 aliphatic carbocycles. The quantitative estimate of drug-likeness (QED) is 0.907. The van der Waals surface area contributed by atoms with Gasteiger partial charge in [0.05, 0.1) is 0 Å². The predicted molar refractivity (Wildman–Crippen MR) is 84.9 cm³/mol. The first-order valence-corrected chi connectivity index (χ1v) is 8.26. The van der Waals surface area contributed by atoms with Gasteiger partial charge in [0.15, 0.2) is 0 Å². The van der Waals surface area contributed by atoms with Crippen molar-refractivity contribution in [2.45, 2.75) is 51.7 Å². The smallest absolute Gasteiger partial charge is 0.246 e. The first kappa shape index (κ1) is 15.1. The minimum Gasteiger partial charge on any atom is -0.342 e. The molecule has 1 saturated carbocycles. The molecule has 0 radical (unpaired) electrons. The van der Waals surface area contributed by atoms with Gasteiger partial charge in [-0.25, -0.2) is 0 Å². The molecular weight excluding hydrogens is 276 g/mol. The minimum atomic E-state index is -0.379. The monoisotopic (exact) mass is 300 g/mol. The first-order chi connectivity index (χ1) is 10.6. The average Bonchev–Trinajstić information content (AvgIpc) is 3.35. The molecule has 3 rings (SSSR count). The molecule has 3 unspecified atom stereocenters. The molecule has 1 aliphatic heterocycles. The van der Waals surface area contributed by atoms with Crippen molar-refractivity contribution in [1.82, 2.24) is 10.2 Å². The van der Waals surface area contributed by atoms with Gasteiger partial charge in [-0.1, -0.05) is 50.6 Å². The number of hydrogen-bond donors (Lipinski definition) is 1. The average molecular weight is 300 g/mol. The summed E-state index contributed by atoms with van der Waals surface area (Å²) in [6.45, 7) is 4.61. The number of carbonyl (C=O) groups is 2. The normalized spacial score (nSPS) is 26.7. The van der Waals surface area contributed by atoms with Crippen LogP contribution in [0, 0.1) is 11.8 Å². The van der Waals surface area contributed by atoms with Crippen molar-refractivity contribution in [3.05, 3.63) is 35.9 Å². The Balaban J connectivity index is 1.86. The van der Waals surface area contributed by atoms with Crippen LogP contribution in [0.3, 0.4) is 0 Å². The molecule has 2 fully saturated rings. The molecule has 1 heterocycles. The van der Waals surface area contributed by atoms with Crippen LogP contribution in [0.1, 0.15) is 38.7 Å². The Hall–Kier alpha value is -1.84. The molecule has 1 N–H and O–H groups in total. The zero-order valence-corrected chi connectivity index (χ0v) is 13.3. The second-order valence-electron chi connectivity index (χ2n) is 6.61. The third-order valence-electron chi connectivity index (χ3n) is 4.93. The van der Waals surface area contributed by atoms with Crippen molar-refractivity contribution >= 4 is 11.8 Å². The topological polar surface area (TPSA) is 49.4 Å². The van der Waals surface area contributed by atoms with E-state index in [1.807, 2.05) is 42.2 Å². The van der Waals surface area contributed by atoms with E-state index >= 15 is 0 Å². The standard InChI is InChI=1S/C18H24N2O2/c1-3-12(2)15-18(22)20(11-13-7-5-4-6-8-13)16(14-9-10-14)17(21)19-15/h4-8,12,14-16H,3,9-11H2,1-2H3,(H,19,21). The van der Waals surface area contributed by atoms with Crippen LogP contribution in [-0.2, 0) is 16.1 Å². The maximum absolute atomic E-state index is 12.9. The Morgan fingerprint density at radius 3 is 2.50 bits per heavy atom. The number of carbonyl (C=O) groups excluding carboxylic acids is 2. The Bertz CT molecular complexity index is 553. The summed E-state index contributed by atoms with van der Waals surface area (Å²) in [6.07, 6.45) is 2.97. The summed E-state index contributed by atoms with van der Waals surface area (Å²) in [6, 6.07) is 9.28. The minimum absolute atomic E-state index is 0.0309. The highest BCUT2D eigenvalue weighted by Gasteiger charge is 2.48. The lowest BCUT2D eigenvalue weighted by molar-refractivity contribution is -0.152. The number of benzene rings is 1. The van der Waals surface area contributed by atoms with Gasteiger partial charge in [0, 0.05) is 6.54 Å². The lowest BCUT2D eigenvalue weighted by Crippen LogP contribution is -2.65. The zero-order valence-electron chi connectivity index (χ0n) is 13.3. The van der Waals surface area contributed by atoms with Crippen LogP contribution in [0.5, 0.6) is 0 Å². The molecule has 118 valence electrons. The van der Waals surface area contributed by atoms with Crippen molar-refractivity contribution in [3.63, 3.8) is 0 Å². The van der Waals surface area contributed by atoms with Crippen molar-refractivity contribution in [2.75, 3.05) is 0 Å². The molecular formula is C18H24N2O2. The van der Waals surface area contributed by atoms with Crippen molar-refractivity contribution < 1.29 is 9.59 Å². The molecule has 1 saturated heterocycles. The van der Waals surface area contributed by atoms with E-state index in [1.54, 1.807) is 0 Å². The van der Waals surface area contributed by atoms with Crippen LogP contribution in [0.4, 0.5) is 0 Å². The summed E-state index contributed by atoms with van der Waals surface area (Å²) in [5, 5.41) is 2.97. The SMILES string of the molecule is CCC(C)C1NC(=O)C(C2CC2)N(Cc2ccccc2)C1=O. The fourth-order valence-electron chi connectivity index (χ4n) is 3.22. The largest absolute Gasteiger partial charge is 0.342 e. The summed E-state index contributed by atoms with van der Waals surface area (Å²) in [7, 11) is 0. The Morgan fingerprint density at radius 1 is 1.23 bits per heavy atom. The highest BCUT2D eigenvalue weighted by Crippen LogP contribution is 2.38. The molecule has 2 amide bonds. The number of amides is 2. The molecule has 0 bridgehead atoms. The number of rotatable bonds is 5. The highest BCUT2D eigenvalue weighted by atomic mass is 16.2. The van der Waals surface area contributed by atoms with Crippen LogP contribution in [-0.4, -0.2) is 28.8 Å². The van der Waals surface area contributed by atoms with Crippen LogP contribution < -0.4 is 5.32 Å². The van der Waals surface area contributed by atoms with E-state index in [4.69, 9.17) is 0 Å². The number of nitrogens with one attached hydrogen (secondary N) is 1. The maximum atomic E-state index is 12.9. The Kier molecular flexibility index (Phi) is 4.19. The molecule has 1 aromatic rings. The van der Waals surface area contributed by atoms with Gasteiger partial charge in [-0.15, -0.1) is 0 Å². The van der Waals surface area contributed by atoms with Gasteiger partial charge in [0.2, 0.25) is 11.8 Å². The maximum Gasteiger partial charge on any atom is 0.246 e. The van der Waals surface area contributed by atoms with E-state index < -0.39 is 0 Å². The molecule has 2 aliphatic rings. The van der Waals surface area contributed by atoms with E-state index in [0.717, 1.165) is 24.8 Å². The van der Waals surface area contributed by atoms with E-state index in [-0.39, 0.29) is 29.8 Å². The van der Waals surface area contributed by atoms with E-state index in [0.29, 0.717) is 12.5 Å². The number of nitrogens with zero attached hydrogens (tertiary/aromatic N) is 1. The third-order valence-corrected chi connectivity index (χ3v) is 4.93. The molecule has 0 aromatic heterocycles. The van der Waals surface area contributed by atoms with Crippen LogP contribution in [0.2, 0.25) is 0 Å². The van der Waals surface area contributed by atoms with E-state index in [9.17, 15) is 9.59 Å². The molecule has 22 heavy (non-hydrogen) atoms. The molecule has 4 nitrogen and oxygen atoms in total. The predicted octanol–water partition coefficient (Wildman–Crippen LogP) is 2.34. The molecule has 4 heteroatoms. The summed E-state index contributed by atoms with van der Waals surface area (Å²) in [4.78, 5) is 27.3. The van der Waals surface area contributed by atoms with Gasteiger partial charge in [0.25, 0.3) is 0 Å². The Morgan fingerprint density at radius 2 is 1.91 bits per heavy atom. The van der Waals surface area contributed by atoms with Gasteiger partial charge in [-0.2, -0.15) is 0 Å².